The molecule has 7 unspecified atom stereocenters. The first-order valence-corrected chi connectivity index (χ1v) is 12.9. The van der Waals surface area contributed by atoms with Crippen molar-refractivity contribution in [2.24, 2.45) is 22.7 Å². The van der Waals surface area contributed by atoms with Crippen LogP contribution in [0.1, 0.15) is 64.2 Å². The summed E-state index contributed by atoms with van der Waals surface area (Å²) in [6.45, 7) is 2.00. The fourth-order valence-electron chi connectivity index (χ4n) is 6.03. The van der Waals surface area contributed by atoms with Crippen LogP contribution < -0.4 is 0 Å². The van der Waals surface area contributed by atoms with Gasteiger partial charge in [-0.3, -0.25) is 19.2 Å². The molecule has 0 aromatic heterocycles. The Morgan fingerprint density at radius 1 is 0.694 bits per heavy atom. The first kappa shape index (κ1) is 26.8. The van der Waals surface area contributed by atoms with Gasteiger partial charge in [0.15, 0.2) is 0 Å². The quantitative estimate of drug-likeness (QED) is 0.288. The summed E-state index contributed by atoms with van der Waals surface area (Å²) >= 11 is 0. The smallest absolute Gasteiger partial charge is 0.310 e. The van der Waals surface area contributed by atoms with Crippen molar-refractivity contribution in [3.63, 3.8) is 0 Å². The number of aliphatic carboxylic acids is 3. The summed E-state index contributed by atoms with van der Waals surface area (Å²) in [5.74, 6) is -4.27. The SMILES string of the molecule is O=C(O)C1(CC2CO2)CCCCC1(CC1CO1)C(=O)O.O=C(O)C1CCCCC1C(=O)OCC1CO1. The predicted molar refractivity (Wildman–Crippen MR) is 121 cm³/mol. The van der Waals surface area contributed by atoms with Crippen molar-refractivity contribution < 1.29 is 53.4 Å². The molecular weight excluding hydrogens is 476 g/mol. The lowest BCUT2D eigenvalue weighted by Gasteiger charge is -2.48. The Morgan fingerprint density at radius 2 is 1.14 bits per heavy atom. The predicted octanol–water partition coefficient (Wildman–Crippen LogP) is 2.10. The molecule has 0 aromatic carbocycles. The van der Waals surface area contributed by atoms with E-state index in [2.05, 4.69) is 0 Å². The molecule has 2 aliphatic carbocycles. The van der Waals surface area contributed by atoms with Crippen LogP contribution in [0.25, 0.3) is 0 Å². The first-order chi connectivity index (χ1) is 17.2. The zero-order chi connectivity index (χ0) is 25.9. The van der Waals surface area contributed by atoms with Crippen molar-refractivity contribution in [3.05, 3.63) is 0 Å². The summed E-state index contributed by atoms with van der Waals surface area (Å²) in [6.07, 6.45) is 5.82. The van der Waals surface area contributed by atoms with Gasteiger partial charge < -0.3 is 34.3 Å². The normalized spacial score (nSPS) is 38.6. The molecule has 202 valence electrons. The maximum Gasteiger partial charge on any atom is 0.310 e. The van der Waals surface area contributed by atoms with Gasteiger partial charge in [0.1, 0.15) is 12.7 Å². The molecule has 5 aliphatic rings. The topological polar surface area (TPSA) is 176 Å². The van der Waals surface area contributed by atoms with Gasteiger partial charge in [0.25, 0.3) is 0 Å². The largest absolute Gasteiger partial charge is 0.481 e. The van der Waals surface area contributed by atoms with E-state index in [1.807, 2.05) is 0 Å². The Hall–Kier alpha value is -2.24. The van der Waals surface area contributed by atoms with Crippen molar-refractivity contribution in [2.75, 3.05) is 26.4 Å². The molecule has 36 heavy (non-hydrogen) atoms. The lowest BCUT2D eigenvalue weighted by Crippen LogP contribution is -2.55. The fourth-order valence-corrected chi connectivity index (χ4v) is 6.03. The van der Waals surface area contributed by atoms with Crippen LogP contribution in [0.15, 0.2) is 0 Å². The van der Waals surface area contributed by atoms with E-state index in [4.69, 9.17) is 24.1 Å². The zero-order valence-electron chi connectivity index (χ0n) is 20.4. The van der Waals surface area contributed by atoms with Gasteiger partial charge in [0, 0.05) is 0 Å². The molecule has 5 rings (SSSR count). The van der Waals surface area contributed by atoms with Gasteiger partial charge in [-0.1, -0.05) is 25.7 Å². The van der Waals surface area contributed by atoms with E-state index in [1.54, 1.807) is 0 Å². The number of hydrogen-bond donors (Lipinski definition) is 3. The van der Waals surface area contributed by atoms with Gasteiger partial charge in [0.2, 0.25) is 0 Å². The maximum atomic E-state index is 12.0. The standard InChI is InChI=1S/C14H20O6.C11H16O5/c15-11(16)13(5-9-7-19-9)3-1-2-4-14(13,12(17)18)6-10-8-20-10;12-10(13)8-3-1-2-4-9(8)11(14)16-6-7-5-15-7/h9-10H,1-8H2,(H,15,16)(H,17,18);7-9H,1-6H2,(H,12,13). The average molecular weight is 513 g/mol. The highest BCUT2D eigenvalue weighted by Crippen LogP contribution is 2.58. The first-order valence-electron chi connectivity index (χ1n) is 12.9. The third-order valence-corrected chi connectivity index (χ3v) is 8.35. The molecule has 3 N–H and O–H groups in total. The number of epoxide rings is 3. The maximum absolute atomic E-state index is 12.0. The molecule has 0 spiro atoms. The van der Waals surface area contributed by atoms with Gasteiger partial charge in [-0.25, -0.2) is 0 Å². The number of hydrogen-bond acceptors (Lipinski definition) is 8. The van der Waals surface area contributed by atoms with Gasteiger partial charge in [-0.2, -0.15) is 0 Å². The van der Waals surface area contributed by atoms with Gasteiger partial charge in [0.05, 0.1) is 54.7 Å². The van der Waals surface area contributed by atoms with Crippen molar-refractivity contribution in [2.45, 2.75) is 82.5 Å². The minimum Gasteiger partial charge on any atom is -0.481 e. The summed E-state index contributed by atoms with van der Waals surface area (Å²) in [7, 11) is 0. The van der Waals surface area contributed by atoms with E-state index in [-0.39, 0.29) is 30.9 Å². The number of carboxylic acids is 3. The van der Waals surface area contributed by atoms with Crippen molar-refractivity contribution in [3.8, 4) is 0 Å². The number of carboxylic acid groups (broad SMARTS) is 3. The Morgan fingerprint density at radius 3 is 1.53 bits per heavy atom. The highest BCUT2D eigenvalue weighted by molar-refractivity contribution is 5.87. The van der Waals surface area contributed by atoms with Crippen LogP contribution in [-0.2, 0) is 38.1 Å². The van der Waals surface area contributed by atoms with Gasteiger partial charge >= 0.3 is 23.9 Å². The lowest BCUT2D eigenvalue weighted by molar-refractivity contribution is -0.183. The van der Waals surface area contributed by atoms with Crippen molar-refractivity contribution in [1.82, 2.24) is 0 Å². The van der Waals surface area contributed by atoms with Gasteiger partial charge in [-0.15, -0.1) is 0 Å². The van der Waals surface area contributed by atoms with Crippen LogP contribution in [0, 0.1) is 22.7 Å². The fraction of sp³-hybridized carbons (Fsp3) is 0.840. The number of rotatable bonds is 10. The molecule has 0 amide bonds. The minimum atomic E-state index is -1.22. The highest BCUT2D eigenvalue weighted by atomic mass is 16.6. The molecule has 3 heterocycles. The summed E-state index contributed by atoms with van der Waals surface area (Å²) < 4.78 is 20.4. The second-order valence-corrected chi connectivity index (χ2v) is 10.7. The molecule has 0 aromatic rings. The molecule has 11 nitrogen and oxygen atoms in total. The van der Waals surface area contributed by atoms with Gasteiger partial charge in [-0.05, 0) is 38.5 Å². The van der Waals surface area contributed by atoms with Crippen LogP contribution in [0.4, 0.5) is 0 Å². The molecule has 0 radical (unpaired) electrons. The zero-order valence-corrected chi connectivity index (χ0v) is 20.4. The molecule has 3 aliphatic heterocycles. The van der Waals surface area contributed by atoms with E-state index < -0.39 is 40.6 Å². The molecule has 7 atom stereocenters. The monoisotopic (exact) mass is 512 g/mol. The third kappa shape index (κ3) is 6.00. The van der Waals surface area contributed by atoms with Crippen LogP contribution in [0.2, 0.25) is 0 Å². The van der Waals surface area contributed by atoms with E-state index >= 15 is 0 Å². The van der Waals surface area contributed by atoms with E-state index in [0.717, 1.165) is 25.7 Å². The van der Waals surface area contributed by atoms with Crippen LogP contribution in [0.3, 0.4) is 0 Å². The molecule has 0 bridgehead atoms. The van der Waals surface area contributed by atoms with Crippen LogP contribution in [-0.4, -0.2) is 83.9 Å². The number of esters is 1. The molecular formula is C25H36O11. The minimum absolute atomic E-state index is 0.0378. The summed E-state index contributed by atoms with van der Waals surface area (Å²) in [4.78, 5) is 46.7. The summed E-state index contributed by atoms with van der Waals surface area (Å²) in [5.41, 5.74) is -2.44. The second kappa shape index (κ2) is 11.0. The summed E-state index contributed by atoms with van der Waals surface area (Å²) in [6, 6.07) is 0. The Labute approximate surface area is 209 Å². The summed E-state index contributed by atoms with van der Waals surface area (Å²) in [5, 5.41) is 28.7. The second-order valence-electron chi connectivity index (χ2n) is 10.7. The Bertz CT molecular complexity index is 807. The van der Waals surface area contributed by atoms with Crippen molar-refractivity contribution >= 4 is 23.9 Å². The Kier molecular flexibility index (Phi) is 8.21. The van der Waals surface area contributed by atoms with Crippen LogP contribution >= 0.6 is 0 Å². The number of carbonyl (C=O) groups is 4. The van der Waals surface area contributed by atoms with E-state index in [0.29, 0.717) is 58.3 Å². The number of ether oxygens (including phenoxy) is 4. The molecule has 11 heteroatoms. The van der Waals surface area contributed by atoms with E-state index in [1.165, 1.54) is 0 Å². The highest BCUT2D eigenvalue weighted by Gasteiger charge is 2.64. The molecule has 3 saturated heterocycles. The van der Waals surface area contributed by atoms with E-state index in [9.17, 15) is 29.4 Å². The van der Waals surface area contributed by atoms with Crippen LogP contribution in [0.5, 0.6) is 0 Å². The molecule has 2 saturated carbocycles. The average Bonchev–Trinajstić information content (AvgIpc) is 3.68. The lowest BCUT2D eigenvalue weighted by atomic mass is 9.52. The Balaban J connectivity index is 0.000000174. The molecule has 5 fully saturated rings. The number of carbonyl (C=O) groups excluding carboxylic acids is 1. The third-order valence-electron chi connectivity index (χ3n) is 8.35. The van der Waals surface area contributed by atoms with Crippen molar-refractivity contribution in [1.29, 1.82) is 0 Å².